The van der Waals surface area contributed by atoms with Crippen LogP contribution in [-0.2, 0) is 16.1 Å². The minimum Gasteiger partial charge on any atom is -0.368 e. The zero-order valence-corrected chi connectivity index (χ0v) is 15.1. The van der Waals surface area contributed by atoms with Crippen LogP contribution >= 0.6 is 12.4 Å². The Morgan fingerprint density at radius 3 is 2.40 bits per heavy atom. The van der Waals surface area contributed by atoms with E-state index >= 15 is 0 Å². The first-order valence-corrected chi connectivity index (χ1v) is 8.15. The Morgan fingerprint density at radius 2 is 1.88 bits per heavy atom. The maximum absolute atomic E-state index is 12.4. The van der Waals surface area contributed by atoms with Gasteiger partial charge in [0.05, 0.1) is 12.1 Å². The number of amides is 3. The lowest BCUT2D eigenvalue weighted by atomic mass is 9.93. The van der Waals surface area contributed by atoms with Crippen LogP contribution < -0.4 is 21.7 Å². The quantitative estimate of drug-likeness (QED) is 0.560. The molecular formula is C17H25ClN4O3. The second kappa shape index (κ2) is 9.39. The van der Waals surface area contributed by atoms with E-state index in [0.717, 1.165) is 31.4 Å². The molecule has 1 fully saturated rings. The molecule has 0 aromatic heterocycles. The summed E-state index contributed by atoms with van der Waals surface area (Å²) >= 11 is 0. The van der Waals surface area contributed by atoms with Gasteiger partial charge in [0.2, 0.25) is 11.8 Å². The second-order valence-corrected chi connectivity index (χ2v) is 5.99. The first-order chi connectivity index (χ1) is 11.5. The minimum absolute atomic E-state index is 0. The fourth-order valence-corrected chi connectivity index (χ4v) is 2.86. The number of halogens is 1. The average molecular weight is 369 g/mol. The van der Waals surface area contributed by atoms with Crippen molar-refractivity contribution >= 4 is 30.1 Å². The van der Waals surface area contributed by atoms with E-state index in [2.05, 4.69) is 16.0 Å². The van der Waals surface area contributed by atoms with Gasteiger partial charge in [0.25, 0.3) is 5.91 Å². The number of nitrogens with one attached hydrogen (secondary N) is 3. The Hall–Kier alpha value is -2.12. The van der Waals surface area contributed by atoms with E-state index in [0.29, 0.717) is 12.1 Å². The fourth-order valence-electron chi connectivity index (χ4n) is 2.86. The normalized spacial score (nSPS) is 18.9. The van der Waals surface area contributed by atoms with Gasteiger partial charge in [0.1, 0.15) is 0 Å². The van der Waals surface area contributed by atoms with Gasteiger partial charge in [-0.25, -0.2) is 0 Å². The van der Waals surface area contributed by atoms with E-state index in [4.69, 9.17) is 5.73 Å². The van der Waals surface area contributed by atoms with Gasteiger partial charge >= 0.3 is 0 Å². The summed E-state index contributed by atoms with van der Waals surface area (Å²) in [4.78, 5) is 34.9. The lowest BCUT2D eigenvalue weighted by Crippen LogP contribution is -2.52. The largest absolute Gasteiger partial charge is 0.368 e. The van der Waals surface area contributed by atoms with E-state index in [1.807, 2.05) is 6.92 Å². The summed E-state index contributed by atoms with van der Waals surface area (Å²) in [6, 6.07) is 6.86. The third-order valence-corrected chi connectivity index (χ3v) is 4.37. The monoisotopic (exact) mass is 368 g/mol. The molecule has 0 bridgehead atoms. The minimum atomic E-state index is -0.590. The van der Waals surface area contributed by atoms with Crippen molar-refractivity contribution in [3.05, 3.63) is 35.4 Å². The highest BCUT2D eigenvalue weighted by Crippen LogP contribution is 2.23. The SMILES string of the molecule is CCC1(C(=O)NCc2ccc(C(=O)NCC(N)=O)cc2)CCCN1.Cl. The first-order valence-electron chi connectivity index (χ1n) is 8.15. The molecule has 0 aliphatic carbocycles. The molecule has 1 aromatic carbocycles. The summed E-state index contributed by atoms with van der Waals surface area (Å²) in [5, 5.41) is 8.68. The number of hydrogen-bond acceptors (Lipinski definition) is 4. The lowest BCUT2D eigenvalue weighted by Gasteiger charge is -2.26. The Balaban J connectivity index is 0.00000312. The van der Waals surface area contributed by atoms with Gasteiger partial charge in [-0.3, -0.25) is 14.4 Å². The van der Waals surface area contributed by atoms with Crippen LogP contribution in [0.5, 0.6) is 0 Å². The molecule has 0 radical (unpaired) electrons. The lowest BCUT2D eigenvalue weighted by molar-refractivity contribution is -0.127. The number of benzene rings is 1. The molecule has 0 spiro atoms. The Kier molecular flexibility index (Phi) is 7.86. The molecule has 7 nitrogen and oxygen atoms in total. The van der Waals surface area contributed by atoms with Crippen LogP contribution in [0.3, 0.4) is 0 Å². The molecule has 1 unspecified atom stereocenters. The number of primary amides is 1. The van der Waals surface area contributed by atoms with Crippen molar-refractivity contribution < 1.29 is 14.4 Å². The summed E-state index contributed by atoms with van der Waals surface area (Å²) in [7, 11) is 0. The molecule has 3 amide bonds. The zero-order chi connectivity index (χ0) is 17.6. The van der Waals surface area contributed by atoms with Crippen LogP contribution in [-0.4, -0.2) is 36.3 Å². The van der Waals surface area contributed by atoms with Gasteiger partial charge in [-0.2, -0.15) is 0 Å². The zero-order valence-electron chi connectivity index (χ0n) is 14.3. The van der Waals surface area contributed by atoms with Gasteiger partial charge in [0, 0.05) is 12.1 Å². The van der Waals surface area contributed by atoms with E-state index in [-0.39, 0.29) is 30.8 Å². The maximum atomic E-state index is 12.4. The Bertz CT molecular complexity index is 613. The van der Waals surface area contributed by atoms with E-state index in [1.165, 1.54) is 0 Å². The van der Waals surface area contributed by atoms with Gasteiger partial charge in [-0.05, 0) is 43.5 Å². The van der Waals surface area contributed by atoms with Crippen LogP contribution in [0.2, 0.25) is 0 Å². The van der Waals surface area contributed by atoms with Crippen molar-refractivity contribution in [1.82, 2.24) is 16.0 Å². The van der Waals surface area contributed by atoms with Crippen molar-refractivity contribution in [2.75, 3.05) is 13.1 Å². The van der Waals surface area contributed by atoms with Gasteiger partial charge in [-0.15, -0.1) is 12.4 Å². The summed E-state index contributed by atoms with van der Waals surface area (Å²) in [6.07, 6.45) is 2.63. The molecule has 1 aromatic rings. The maximum Gasteiger partial charge on any atom is 0.251 e. The molecule has 0 saturated carbocycles. The first kappa shape index (κ1) is 20.9. The third-order valence-electron chi connectivity index (χ3n) is 4.37. The average Bonchev–Trinajstić information content (AvgIpc) is 3.08. The van der Waals surface area contributed by atoms with Crippen LogP contribution in [0.1, 0.15) is 42.1 Å². The Morgan fingerprint density at radius 1 is 1.20 bits per heavy atom. The molecule has 5 N–H and O–H groups in total. The smallest absolute Gasteiger partial charge is 0.251 e. The Labute approximate surface area is 153 Å². The van der Waals surface area contributed by atoms with Gasteiger partial charge in [-0.1, -0.05) is 19.1 Å². The number of nitrogens with two attached hydrogens (primary N) is 1. The standard InChI is InChI=1S/C17H24N4O3.ClH/c1-2-17(8-3-9-21-17)16(24)20-10-12-4-6-13(7-5-12)15(23)19-11-14(18)22;/h4-7,21H,2-3,8-11H2,1H3,(H2,18,22)(H,19,23)(H,20,24);1H. The molecule has 2 rings (SSSR count). The summed E-state index contributed by atoms with van der Waals surface area (Å²) in [5.41, 5.74) is 5.88. The molecule has 1 atom stereocenters. The van der Waals surface area contributed by atoms with Crippen LogP contribution in [0.25, 0.3) is 0 Å². The van der Waals surface area contributed by atoms with Crippen molar-refractivity contribution in [1.29, 1.82) is 0 Å². The summed E-state index contributed by atoms with van der Waals surface area (Å²) in [6.45, 7) is 3.10. The van der Waals surface area contributed by atoms with E-state index in [1.54, 1.807) is 24.3 Å². The molecule has 8 heteroatoms. The van der Waals surface area contributed by atoms with Crippen molar-refractivity contribution in [2.45, 2.75) is 38.3 Å². The second-order valence-electron chi connectivity index (χ2n) is 5.99. The van der Waals surface area contributed by atoms with Crippen molar-refractivity contribution in [2.24, 2.45) is 5.73 Å². The van der Waals surface area contributed by atoms with E-state index in [9.17, 15) is 14.4 Å². The highest BCUT2D eigenvalue weighted by atomic mass is 35.5. The summed E-state index contributed by atoms with van der Waals surface area (Å²) < 4.78 is 0. The predicted molar refractivity (Wildman–Crippen MR) is 97.3 cm³/mol. The molecule has 25 heavy (non-hydrogen) atoms. The number of carbonyl (C=O) groups is 3. The van der Waals surface area contributed by atoms with Gasteiger partial charge in [0.15, 0.2) is 0 Å². The molecule has 138 valence electrons. The highest BCUT2D eigenvalue weighted by molar-refractivity contribution is 5.96. The molecular weight excluding hydrogens is 344 g/mol. The summed E-state index contributed by atoms with van der Waals surface area (Å²) in [5.74, 6) is -0.927. The van der Waals surface area contributed by atoms with Crippen LogP contribution in [0, 0.1) is 0 Å². The molecule has 1 aliphatic rings. The van der Waals surface area contributed by atoms with Crippen molar-refractivity contribution in [3.63, 3.8) is 0 Å². The third kappa shape index (κ3) is 5.44. The fraction of sp³-hybridized carbons (Fsp3) is 0.471. The molecule has 1 saturated heterocycles. The number of rotatable bonds is 7. The van der Waals surface area contributed by atoms with E-state index < -0.39 is 11.4 Å². The number of hydrogen-bond donors (Lipinski definition) is 4. The topological polar surface area (TPSA) is 113 Å². The predicted octanol–water partition coefficient (Wildman–Crippen LogP) is 0.472. The highest BCUT2D eigenvalue weighted by Gasteiger charge is 2.38. The van der Waals surface area contributed by atoms with Crippen LogP contribution in [0.15, 0.2) is 24.3 Å². The van der Waals surface area contributed by atoms with Crippen LogP contribution in [0.4, 0.5) is 0 Å². The van der Waals surface area contributed by atoms with Crippen molar-refractivity contribution in [3.8, 4) is 0 Å². The number of carbonyl (C=O) groups excluding carboxylic acids is 3. The van der Waals surface area contributed by atoms with Gasteiger partial charge < -0.3 is 21.7 Å². The molecule has 1 heterocycles. The molecule has 1 aliphatic heterocycles.